The van der Waals surface area contributed by atoms with Gasteiger partial charge in [-0.3, -0.25) is 9.69 Å². The first kappa shape index (κ1) is 18.9. The van der Waals surface area contributed by atoms with Gasteiger partial charge in [0.05, 0.1) is 12.2 Å². The molecule has 1 fully saturated rings. The Morgan fingerprint density at radius 3 is 2.58 bits per heavy atom. The molecule has 1 aromatic carbocycles. The van der Waals surface area contributed by atoms with E-state index >= 15 is 0 Å². The van der Waals surface area contributed by atoms with E-state index in [1.165, 1.54) is 5.69 Å². The predicted octanol–water partition coefficient (Wildman–Crippen LogP) is 3.35. The number of amides is 1. The van der Waals surface area contributed by atoms with Crippen molar-refractivity contribution in [3.05, 3.63) is 51.6 Å². The maximum Gasteiger partial charge on any atom is 0.254 e. The van der Waals surface area contributed by atoms with Gasteiger partial charge in [0.25, 0.3) is 5.91 Å². The van der Waals surface area contributed by atoms with Crippen LogP contribution in [0, 0.1) is 20.8 Å². The van der Waals surface area contributed by atoms with Crippen LogP contribution in [0.1, 0.15) is 39.6 Å². The Labute approximate surface area is 160 Å². The third-order valence-electron chi connectivity index (χ3n) is 5.37. The molecule has 1 aromatic heterocycles. The fourth-order valence-corrected chi connectivity index (χ4v) is 3.72. The molecule has 0 spiro atoms. The molecule has 0 N–H and O–H groups in total. The van der Waals surface area contributed by atoms with Crippen LogP contribution in [0.5, 0.6) is 0 Å². The summed E-state index contributed by atoms with van der Waals surface area (Å²) in [6.45, 7) is 10.3. The molecule has 3 rings (SSSR count). The molecule has 1 aliphatic rings. The van der Waals surface area contributed by atoms with Crippen molar-refractivity contribution in [3.63, 3.8) is 0 Å². The van der Waals surface area contributed by atoms with Crippen molar-refractivity contribution in [1.29, 1.82) is 0 Å². The SMILES string of the molecule is Cc1cc(Cl)ccc1C(=O)N1CCCN(Cc2nc(C)c(C)n2C)CC1. The Morgan fingerprint density at radius 1 is 1.15 bits per heavy atom. The summed E-state index contributed by atoms with van der Waals surface area (Å²) in [5.41, 5.74) is 3.98. The highest BCUT2D eigenvalue weighted by atomic mass is 35.5. The number of hydrogen-bond acceptors (Lipinski definition) is 3. The Kier molecular flexibility index (Phi) is 5.68. The van der Waals surface area contributed by atoms with Gasteiger partial charge in [0.2, 0.25) is 0 Å². The van der Waals surface area contributed by atoms with Crippen LogP contribution in [-0.4, -0.2) is 51.4 Å². The number of carbonyl (C=O) groups excluding carboxylic acids is 1. The molecule has 2 heterocycles. The van der Waals surface area contributed by atoms with Gasteiger partial charge in [-0.05, 0) is 51.0 Å². The second kappa shape index (κ2) is 7.80. The molecule has 1 amide bonds. The number of imidazole rings is 1. The zero-order valence-electron chi connectivity index (χ0n) is 16.0. The minimum Gasteiger partial charge on any atom is -0.337 e. The highest BCUT2D eigenvalue weighted by molar-refractivity contribution is 6.30. The largest absolute Gasteiger partial charge is 0.337 e. The van der Waals surface area contributed by atoms with Crippen molar-refractivity contribution >= 4 is 17.5 Å². The van der Waals surface area contributed by atoms with Gasteiger partial charge < -0.3 is 9.47 Å². The fourth-order valence-electron chi connectivity index (χ4n) is 3.50. The van der Waals surface area contributed by atoms with Crippen LogP contribution in [-0.2, 0) is 13.6 Å². The highest BCUT2D eigenvalue weighted by Crippen LogP contribution is 2.18. The van der Waals surface area contributed by atoms with Gasteiger partial charge in [-0.1, -0.05) is 11.6 Å². The van der Waals surface area contributed by atoms with E-state index in [4.69, 9.17) is 11.6 Å². The Balaban J connectivity index is 1.66. The van der Waals surface area contributed by atoms with E-state index in [9.17, 15) is 4.79 Å². The summed E-state index contributed by atoms with van der Waals surface area (Å²) in [7, 11) is 2.07. The number of aromatic nitrogens is 2. The van der Waals surface area contributed by atoms with E-state index in [0.717, 1.165) is 61.8 Å². The molecule has 0 bridgehead atoms. The van der Waals surface area contributed by atoms with Crippen molar-refractivity contribution in [2.24, 2.45) is 7.05 Å². The molecule has 0 atom stereocenters. The first-order chi connectivity index (χ1) is 12.4. The molecule has 2 aromatic rings. The number of aryl methyl sites for hydroxylation is 2. The summed E-state index contributed by atoms with van der Waals surface area (Å²) in [5, 5.41) is 0.668. The average molecular weight is 375 g/mol. The molecule has 0 unspecified atom stereocenters. The molecular weight excluding hydrogens is 348 g/mol. The molecule has 0 aliphatic carbocycles. The summed E-state index contributed by atoms with van der Waals surface area (Å²) in [6.07, 6.45) is 0.973. The van der Waals surface area contributed by atoms with Crippen molar-refractivity contribution in [2.75, 3.05) is 26.2 Å². The van der Waals surface area contributed by atoms with E-state index in [1.807, 2.05) is 24.0 Å². The van der Waals surface area contributed by atoms with Crippen LogP contribution >= 0.6 is 11.6 Å². The number of carbonyl (C=O) groups is 1. The van der Waals surface area contributed by atoms with E-state index in [0.29, 0.717) is 5.02 Å². The summed E-state index contributed by atoms with van der Waals surface area (Å²) in [5.74, 6) is 1.19. The quantitative estimate of drug-likeness (QED) is 0.827. The van der Waals surface area contributed by atoms with Gasteiger partial charge in [0, 0.05) is 49.5 Å². The lowest BCUT2D eigenvalue weighted by atomic mass is 10.1. The van der Waals surface area contributed by atoms with Crippen molar-refractivity contribution in [1.82, 2.24) is 19.4 Å². The second-order valence-electron chi connectivity index (χ2n) is 7.14. The van der Waals surface area contributed by atoms with Crippen molar-refractivity contribution in [3.8, 4) is 0 Å². The van der Waals surface area contributed by atoms with Gasteiger partial charge in [-0.25, -0.2) is 4.98 Å². The van der Waals surface area contributed by atoms with Gasteiger partial charge in [0.1, 0.15) is 5.82 Å². The van der Waals surface area contributed by atoms with E-state index in [1.54, 1.807) is 6.07 Å². The molecule has 140 valence electrons. The summed E-state index contributed by atoms with van der Waals surface area (Å²) < 4.78 is 2.17. The Morgan fingerprint density at radius 2 is 1.92 bits per heavy atom. The predicted molar refractivity (Wildman–Crippen MR) is 105 cm³/mol. The maximum absolute atomic E-state index is 12.9. The number of rotatable bonds is 3. The van der Waals surface area contributed by atoms with Gasteiger partial charge in [-0.2, -0.15) is 0 Å². The first-order valence-corrected chi connectivity index (χ1v) is 9.51. The summed E-state index contributed by atoms with van der Waals surface area (Å²) >= 11 is 6.02. The minimum atomic E-state index is 0.102. The van der Waals surface area contributed by atoms with Crippen LogP contribution in [0.25, 0.3) is 0 Å². The summed E-state index contributed by atoms with van der Waals surface area (Å²) in [4.78, 5) is 21.9. The lowest BCUT2D eigenvalue weighted by molar-refractivity contribution is 0.0760. The molecule has 0 saturated carbocycles. The zero-order valence-corrected chi connectivity index (χ0v) is 16.8. The molecule has 0 radical (unpaired) electrons. The maximum atomic E-state index is 12.9. The van der Waals surface area contributed by atoms with Crippen molar-refractivity contribution in [2.45, 2.75) is 33.7 Å². The van der Waals surface area contributed by atoms with Gasteiger partial charge in [0.15, 0.2) is 0 Å². The number of benzene rings is 1. The Bertz CT molecular complexity index is 814. The molecule has 6 heteroatoms. The molecule has 1 aliphatic heterocycles. The third-order valence-corrected chi connectivity index (χ3v) is 5.61. The van der Waals surface area contributed by atoms with Crippen LogP contribution in [0.2, 0.25) is 5.02 Å². The normalized spacial score (nSPS) is 16.0. The van der Waals surface area contributed by atoms with Gasteiger partial charge >= 0.3 is 0 Å². The summed E-state index contributed by atoms with van der Waals surface area (Å²) in [6, 6.07) is 5.48. The number of nitrogens with zero attached hydrogens (tertiary/aromatic N) is 4. The fraction of sp³-hybridized carbons (Fsp3) is 0.500. The van der Waals surface area contributed by atoms with Crippen LogP contribution in [0.4, 0.5) is 0 Å². The van der Waals surface area contributed by atoms with Gasteiger partial charge in [-0.15, -0.1) is 0 Å². The highest BCUT2D eigenvalue weighted by Gasteiger charge is 2.22. The topological polar surface area (TPSA) is 41.4 Å². The third kappa shape index (κ3) is 3.94. The van der Waals surface area contributed by atoms with Crippen LogP contribution in [0.15, 0.2) is 18.2 Å². The molecule has 5 nitrogen and oxygen atoms in total. The average Bonchev–Trinajstić information content (AvgIpc) is 2.79. The lowest BCUT2D eigenvalue weighted by Crippen LogP contribution is -2.35. The smallest absolute Gasteiger partial charge is 0.254 e. The molecule has 26 heavy (non-hydrogen) atoms. The Hall–Kier alpha value is -1.85. The lowest BCUT2D eigenvalue weighted by Gasteiger charge is -2.22. The van der Waals surface area contributed by atoms with Crippen LogP contribution in [0.3, 0.4) is 0 Å². The minimum absolute atomic E-state index is 0.102. The standard InChI is InChI=1S/C20H27ClN4O/c1-14-12-17(21)6-7-18(14)20(26)25-9-5-8-24(10-11-25)13-19-22-15(2)16(3)23(19)4/h6-7,12H,5,8-11,13H2,1-4H3. The number of hydrogen-bond donors (Lipinski definition) is 0. The van der Waals surface area contributed by atoms with Crippen molar-refractivity contribution < 1.29 is 4.79 Å². The van der Waals surface area contributed by atoms with E-state index < -0.39 is 0 Å². The van der Waals surface area contributed by atoms with Crippen LogP contribution < -0.4 is 0 Å². The van der Waals surface area contributed by atoms with E-state index in [2.05, 4.69) is 35.3 Å². The second-order valence-corrected chi connectivity index (χ2v) is 7.58. The monoisotopic (exact) mass is 374 g/mol. The molecule has 1 saturated heterocycles. The first-order valence-electron chi connectivity index (χ1n) is 9.13. The zero-order chi connectivity index (χ0) is 18.8. The number of halogens is 1. The molecular formula is C20H27ClN4O. The van der Waals surface area contributed by atoms with E-state index in [-0.39, 0.29) is 5.91 Å².